The summed E-state index contributed by atoms with van der Waals surface area (Å²) >= 11 is 0. The highest BCUT2D eigenvalue weighted by Gasteiger charge is 2.11. The zero-order chi connectivity index (χ0) is 19.2. The number of carboxylic acid groups (broad SMARTS) is 1. The normalized spacial score (nSPS) is 10.7. The van der Waals surface area contributed by atoms with E-state index in [1.54, 1.807) is 0 Å². The highest BCUT2D eigenvalue weighted by molar-refractivity contribution is 5.88. The molecule has 27 heavy (non-hydrogen) atoms. The Hall–Kier alpha value is -3.01. The summed E-state index contributed by atoms with van der Waals surface area (Å²) in [4.78, 5) is 11.0. The van der Waals surface area contributed by atoms with E-state index in [0.29, 0.717) is 19.6 Å². The lowest BCUT2D eigenvalue weighted by molar-refractivity contribution is -0.136. The minimum Gasteiger partial charge on any atom is -0.490 e. The molecule has 0 radical (unpaired) electrons. The first-order valence-corrected chi connectivity index (χ1v) is 9.10. The number of carboxylic acids is 1. The monoisotopic (exact) mass is 364 g/mol. The Morgan fingerprint density at radius 2 is 1.67 bits per heavy atom. The smallest absolute Gasteiger partial charge is 0.303 e. The average molecular weight is 364 g/mol. The van der Waals surface area contributed by atoms with Gasteiger partial charge in [-0.25, -0.2) is 0 Å². The predicted octanol–water partition coefficient (Wildman–Crippen LogP) is 4.93. The molecule has 3 rings (SSSR count). The Bertz CT molecular complexity index is 946. The highest BCUT2D eigenvalue weighted by atomic mass is 16.5. The zero-order valence-corrected chi connectivity index (χ0v) is 15.7. The molecule has 0 heterocycles. The van der Waals surface area contributed by atoms with Crippen molar-refractivity contribution in [3.8, 4) is 11.5 Å². The van der Waals surface area contributed by atoms with Crippen molar-refractivity contribution in [2.75, 3.05) is 13.2 Å². The molecule has 3 aromatic rings. The summed E-state index contributed by atoms with van der Waals surface area (Å²) in [5.74, 6) is 0.773. The van der Waals surface area contributed by atoms with E-state index in [9.17, 15) is 4.79 Å². The molecule has 0 fully saturated rings. The Balaban J connectivity index is 1.71. The lowest BCUT2D eigenvalue weighted by atomic mass is 10.00. The van der Waals surface area contributed by atoms with Crippen LogP contribution in [0.25, 0.3) is 10.8 Å². The fourth-order valence-electron chi connectivity index (χ4n) is 3.11. The van der Waals surface area contributed by atoms with Gasteiger partial charge in [0.25, 0.3) is 0 Å². The van der Waals surface area contributed by atoms with Crippen LogP contribution < -0.4 is 9.47 Å². The van der Waals surface area contributed by atoms with E-state index in [4.69, 9.17) is 14.6 Å². The molecule has 0 aromatic heterocycles. The molecule has 3 aromatic carbocycles. The minimum atomic E-state index is -0.813. The second kappa shape index (κ2) is 8.58. The Morgan fingerprint density at radius 1 is 0.926 bits per heavy atom. The third-order valence-corrected chi connectivity index (χ3v) is 4.53. The second-order valence-corrected chi connectivity index (χ2v) is 6.62. The molecule has 4 nitrogen and oxygen atoms in total. The minimum absolute atomic E-state index is 0.0728. The quantitative estimate of drug-likeness (QED) is 0.576. The summed E-state index contributed by atoms with van der Waals surface area (Å²) in [5.41, 5.74) is 3.18. The van der Waals surface area contributed by atoms with Gasteiger partial charge in [0.05, 0.1) is 0 Å². The molecular weight excluding hydrogens is 340 g/mol. The number of aliphatic carboxylic acids is 1. The summed E-state index contributed by atoms with van der Waals surface area (Å²) < 4.78 is 11.8. The molecule has 140 valence electrons. The number of fused-ring (bicyclic) bond motifs is 1. The molecule has 0 bridgehead atoms. The van der Waals surface area contributed by atoms with Gasteiger partial charge in [-0.15, -0.1) is 0 Å². The van der Waals surface area contributed by atoms with Gasteiger partial charge in [0.15, 0.2) is 0 Å². The predicted molar refractivity (Wildman–Crippen MR) is 107 cm³/mol. The van der Waals surface area contributed by atoms with Crippen LogP contribution in [0.4, 0.5) is 0 Å². The third kappa shape index (κ3) is 4.79. The summed E-state index contributed by atoms with van der Waals surface area (Å²) in [7, 11) is 0. The number of benzene rings is 3. The van der Waals surface area contributed by atoms with Crippen molar-refractivity contribution < 1.29 is 19.4 Å². The number of rotatable bonds is 8. The van der Waals surface area contributed by atoms with Gasteiger partial charge < -0.3 is 14.6 Å². The molecule has 1 N–H and O–H groups in total. The van der Waals surface area contributed by atoms with E-state index in [1.807, 2.05) is 62.4 Å². The van der Waals surface area contributed by atoms with Crippen LogP contribution in [0, 0.1) is 13.8 Å². The van der Waals surface area contributed by atoms with Crippen LogP contribution >= 0.6 is 0 Å². The van der Waals surface area contributed by atoms with E-state index < -0.39 is 5.97 Å². The Labute approximate surface area is 159 Å². The zero-order valence-electron chi connectivity index (χ0n) is 15.7. The van der Waals surface area contributed by atoms with Crippen LogP contribution in [0.2, 0.25) is 0 Å². The Morgan fingerprint density at radius 3 is 2.44 bits per heavy atom. The SMILES string of the molecule is Cc1ccc(C)c(OCCOc2ccc3ccccc3c2CCC(=O)O)c1. The van der Waals surface area contributed by atoms with Crippen LogP contribution in [-0.4, -0.2) is 24.3 Å². The van der Waals surface area contributed by atoms with Gasteiger partial charge in [0, 0.05) is 12.0 Å². The van der Waals surface area contributed by atoms with Crippen LogP contribution in [0.3, 0.4) is 0 Å². The number of aryl methyl sites for hydroxylation is 3. The summed E-state index contributed by atoms with van der Waals surface area (Å²) in [6.45, 7) is 4.87. The van der Waals surface area contributed by atoms with Gasteiger partial charge in [-0.2, -0.15) is 0 Å². The number of ether oxygens (including phenoxy) is 2. The topological polar surface area (TPSA) is 55.8 Å². The van der Waals surface area contributed by atoms with Crippen LogP contribution in [0.5, 0.6) is 11.5 Å². The summed E-state index contributed by atoms with van der Waals surface area (Å²) in [6, 6.07) is 18.0. The van der Waals surface area contributed by atoms with Gasteiger partial charge >= 0.3 is 5.97 Å². The van der Waals surface area contributed by atoms with E-state index in [-0.39, 0.29) is 6.42 Å². The Kier molecular flexibility index (Phi) is 5.97. The van der Waals surface area contributed by atoms with Crippen molar-refractivity contribution >= 4 is 16.7 Å². The molecule has 0 aliphatic carbocycles. The first-order chi connectivity index (χ1) is 13.0. The maximum absolute atomic E-state index is 11.0. The van der Waals surface area contributed by atoms with E-state index in [1.165, 1.54) is 0 Å². The fourth-order valence-corrected chi connectivity index (χ4v) is 3.11. The van der Waals surface area contributed by atoms with Crippen molar-refractivity contribution in [2.45, 2.75) is 26.7 Å². The summed E-state index contributed by atoms with van der Waals surface area (Å²) in [6.07, 6.45) is 0.507. The average Bonchev–Trinajstić information content (AvgIpc) is 2.66. The first-order valence-electron chi connectivity index (χ1n) is 9.10. The van der Waals surface area contributed by atoms with Gasteiger partial charge in [0.2, 0.25) is 0 Å². The molecule has 0 spiro atoms. The molecule has 4 heteroatoms. The fraction of sp³-hybridized carbons (Fsp3) is 0.261. The highest BCUT2D eigenvalue weighted by Crippen LogP contribution is 2.29. The van der Waals surface area contributed by atoms with Crippen molar-refractivity contribution in [3.05, 3.63) is 71.3 Å². The molecule has 0 saturated carbocycles. The first kappa shape index (κ1) is 18.8. The van der Waals surface area contributed by atoms with Gasteiger partial charge in [-0.05, 0) is 54.3 Å². The molecule has 0 aliphatic heterocycles. The molecule has 0 atom stereocenters. The van der Waals surface area contributed by atoms with E-state index in [2.05, 4.69) is 6.07 Å². The van der Waals surface area contributed by atoms with Crippen LogP contribution in [0.15, 0.2) is 54.6 Å². The maximum Gasteiger partial charge on any atom is 0.303 e. The van der Waals surface area contributed by atoms with Crippen molar-refractivity contribution in [1.82, 2.24) is 0 Å². The maximum atomic E-state index is 11.0. The van der Waals surface area contributed by atoms with Gasteiger partial charge in [-0.3, -0.25) is 4.79 Å². The molecule has 0 saturated heterocycles. The number of hydrogen-bond acceptors (Lipinski definition) is 3. The van der Waals surface area contributed by atoms with E-state index in [0.717, 1.165) is 39.0 Å². The third-order valence-electron chi connectivity index (χ3n) is 4.53. The van der Waals surface area contributed by atoms with Gasteiger partial charge in [0.1, 0.15) is 24.7 Å². The van der Waals surface area contributed by atoms with Crippen LogP contribution in [0.1, 0.15) is 23.1 Å². The van der Waals surface area contributed by atoms with Crippen molar-refractivity contribution in [3.63, 3.8) is 0 Å². The number of carbonyl (C=O) groups is 1. The molecule has 0 aliphatic rings. The van der Waals surface area contributed by atoms with Crippen LogP contribution in [-0.2, 0) is 11.2 Å². The summed E-state index contributed by atoms with van der Waals surface area (Å²) in [5, 5.41) is 11.2. The number of hydrogen-bond donors (Lipinski definition) is 1. The van der Waals surface area contributed by atoms with Gasteiger partial charge in [-0.1, -0.05) is 42.5 Å². The standard InChI is InChI=1S/C23H24O4/c1-16-7-8-17(2)22(15-16)27-14-13-26-21-11-9-18-5-3-4-6-19(18)20(21)10-12-23(24)25/h3-9,11,15H,10,12-14H2,1-2H3,(H,24,25). The van der Waals surface area contributed by atoms with Crippen molar-refractivity contribution in [2.24, 2.45) is 0 Å². The van der Waals surface area contributed by atoms with E-state index >= 15 is 0 Å². The largest absolute Gasteiger partial charge is 0.490 e. The lowest BCUT2D eigenvalue weighted by Gasteiger charge is -2.15. The molecule has 0 unspecified atom stereocenters. The molecular formula is C23H24O4. The lowest BCUT2D eigenvalue weighted by Crippen LogP contribution is -2.11. The molecule has 0 amide bonds. The van der Waals surface area contributed by atoms with Crippen molar-refractivity contribution in [1.29, 1.82) is 0 Å². The second-order valence-electron chi connectivity index (χ2n) is 6.62.